The van der Waals surface area contributed by atoms with E-state index in [1.165, 1.54) is 7.11 Å². The second-order valence-electron chi connectivity index (χ2n) is 3.12. The maximum atomic E-state index is 11.3. The Morgan fingerprint density at radius 2 is 2.07 bits per heavy atom. The van der Waals surface area contributed by atoms with Gasteiger partial charge in [0, 0.05) is 5.69 Å². The number of aromatic hydroxyl groups is 1. The number of nitrogens with two attached hydrogens (primary N) is 1. The zero-order chi connectivity index (χ0) is 10.9. The molecule has 4 nitrogen and oxygen atoms in total. The van der Waals surface area contributed by atoms with Gasteiger partial charge >= 0.3 is 5.97 Å². The predicted molar refractivity (Wildman–Crippen MR) is 53.3 cm³/mol. The fourth-order valence-corrected chi connectivity index (χ4v) is 1.28. The van der Waals surface area contributed by atoms with Crippen LogP contribution in [0.15, 0.2) is 6.07 Å². The number of carbonyl (C=O) groups is 1. The lowest BCUT2D eigenvalue weighted by atomic mass is 10.0. The quantitative estimate of drug-likeness (QED) is 0.403. The van der Waals surface area contributed by atoms with Gasteiger partial charge in [-0.3, -0.25) is 0 Å². The number of hydrogen-bond donors (Lipinski definition) is 2. The molecule has 0 heterocycles. The number of methoxy groups -OCH3 is 1. The Morgan fingerprint density at radius 3 is 2.57 bits per heavy atom. The molecule has 0 aromatic heterocycles. The fraction of sp³-hybridized carbons (Fsp3) is 0.300. The normalized spacial score (nSPS) is 9.93. The van der Waals surface area contributed by atoms with Crippen LogP contribution in [0, 0.1) is 13.8 Å². The zero-order valence-electron chi connectivity index (χ0n) is 8.42. The van der Waals surface area contributed by atoms with E-state index in [1.54, 1.807) is 19.9 Å². The number of phenols is 1. The van der Waals surface area contributed by atoms with Crippen LogP contribution in [0.4, 0.5) is 5.69 Å². The summed E-state index contributed by atoms with van der Waals surface area (Å²) >= 11 is 0. The van der Waals surface area contributed by atoms with Crippen LogP contribution in [-0.4, -0.2) is 18.2 Å². The number of carbonyl (C=O) groups excluding carboxylic acids is 1. The Kier molecular flexibility index (Phi) is 2.65. The summed E-state index contributed by atoms with van der Waals surface area (Å²) in [5.74, 6) is -0.640. The Bertz CT molecular complexity index is 359. The molecule has 0 fully saturated rings. The van der Waals surface area contributed by atoms with Gasteiger partial charge in [0.05, 0.1) is 7.11 Å². The molecule has 0 amide bonds. The average Bonchev–Trinajstić information content (AvgIpc) is 2.15. The molecule has 0 bridgehead atoms. The summed E-state index contributed by atoms with van der Waals surface area (Å²) in [6.45, 7) is 3.35. The van der Waals surface area contributed by atoms with E-state index in [1.807, 2.05) is 0 Å². The smallest absolute Gasteiger partial charge is 0.341 e. The van der Waals surface area contributed by atoms with Crippen molar-refractivity contribution in [2.45, 2.75) is 13.8 Å². The zero-order valence-corrected chi connectivity index (χ0v) is 8.42. The van der Waals surface area contributed by atoms with Crippen LogP contribution in [0.2, 0.25) is 0 Å². The largest absolute Gasteiger partial charge is 0.507 e. The molecule has 0 saturated heterocycles. The van der Waals surface area contributed by atoms with Gasteiger partial charge in [-0.2, -0.15) is 0 Å². The highest BCUT2D eigenvalue weighted by Gasteiger charge is 2.18. The van der Waals surface area contributed by atoms with E-state index in [2.05, 4.69) is 4.74 Å². The molecule has 0 atom stereocenters. The summed E-state index contributed by atoms with van der Waals surface area (Å²) < 4.78 is 4.55. The van der Waals surface area contributed by atoms with E-state index in [0.29, 0.717) is 16.8 Å². The van der Waals surface area contributed by atoms with E-state index in [9.17, 15) is 9.90 Å². The molecule has 1 aromatic rings. The number of benzene rings is 1. The van der Waals surface area contributed by atoms with E-state index in [-0.39, 0.29) is 11.3 Å². The second kappa shape index (κ2) is 3.57. The minimum Gasteiger partial charge on any atom is -0.507 e. The van der Waals surface area contributed by atoms with Crippen molar-refractivity contribution >= 4 is 11.7 Å². The molecule has 1 aromatic carbocycles. The highest BCUT2D eigenvalue weighted by atomic mass is 16.5. The molecule has 1 rings (SSSR count). The first kappa shape index (κ1) is 10.4. The Labute approximate surface area is 82.3 Å². The standard InChI is InChI=1S/C10H13NO3/c1-5-4-7(11)6(2)8(9(5)12)10(13)14-3/h4,12H,11H2,1-3H3. The van der Waals surface area contributed by atoms with E-state index in [4.69, 9.17) is 5.73 Å². The second-order valence-corrected chi connectivity index (χ2v) is 3.12. The summed E-state index contributed by atoms with van der Waals surface area (Å²) in [7, 11) is 1.26. The summed E-state index contributed by atoms with van der Waals surface area (Å²) in [5, 5.41) is 9.65. The molecule has 14 heavy (non-hydrogen) atoms. The van der Waals surface area contributed by atoms with Crippen LogP contribution < -0.4 is 5.73 Å². The van der Waals surface area contributed by atoms with Crippen molar-refractivity contribution in [2.75, 3.05) is 12.8 Å². The molecule has 4 heteroatoms. The molecular weight excluding hydrogens is 182 g/mol. The molecule has 3 N–H and O–H groups in total. The van der Waals surface area contributed by atoms with Crippen LogP contribution in [0.5, 0.6) is 5.75 Å². The van der Waals surface area contributed by atoms with Crippen LogP contribution in [0.25, 0.3) is 0 Å². The molecule has 0 spiro atoms. The Balaban J connectivity index is 3.47. The number of esters is 1. The molecule has 0 aliphatic carbocycles. The highest BCUT2D eigenvalue weighted by Crippen LogP contribution is 2.30. The van der Waals surface area contributed by atoms with Gasteiger partial charge in [-0.1, -0.05) is 0 Å². The summed E-state index contributed by atoms with van der Waals surface area (Å²) in [5.41, 5.74) is 7.39. The van der Waals surface area contributed by atoms with Crippen molar-refractivity contribution in [3.8, 4) is 5.75 Å². The van der Waals surface area contributed by atoms with Crippen molar-refractivity contribution in [3.63, 3.8) is 0 Å². The molecule has 0 aliphatic rings. The molecule has 0 radical (unpaired) electrons. The van der Waals surface area contributed by atoms with Crippen molar-refractivity contribution < 1.29 is 14.6 Å². The molecule has 0 aliphatic heterocycles. The van der Waals surface area contributed by atoms with Gasteiger partial charge in [-0.05, 0) is 31.0 Å². The number of anilines is 1. The first-order chi connectivity index (χ1) is 6.49. The Morgan fingerprint density at radius 1 is 1.50 bits per heavy atom. The van der Waals surface area contributed by atoms with Gasteiger partial charge in [0.2, 0.25) is 0 Å². The van der Waals surface area contributed by atoms with Crippen molar-refractivity contribution in [1.82, 2.24) is 0 Å². The number of nitrogen functional groups attached to an aromatic ring is 1. The van der Waals surface area contributed by atoms with Crippen LogP contribution >= 0.6 is 0 Å². The number of ether oxygens (including phenoxy) is 1. The average molecular weight is 195 g/mol. The van der Waals surface area contributed by atoms with Crippen molar-refractivity contribution in [2.24, 2.45) is 0 Å². The van der Waals surface area contributed by atoms with E-state index >= 15 is 0 Å². The number of aryl methyl sites for hydroxylation is 1. The number of rotatable bonds is 1. The van der Waals surface area contributed by atoms with Crippen molar-refractivity contribution in [1.29, 1.82) is 0 Å². The lowest BCUT2D eigenvalue weighted by molar-refractivity contribution is 0.0596. The lowest BCUT2D eigenvalue weighted by Crippen LogP contribution is -2.07. The summed E-state index contributed by atoms with van der Waals surface area (Å²) in [4.78, 5) is 11.3. The van der Waals surface area contributed by atoms with Crippen LogP contribution in [0.1, 0.15) is 21.5 Å². The maximum Gasteiger partial charge on any atom is 0.341 e. The SMILES string of the molecule is COC(=O)c1c(C)c(N)cc(C)c1O. The van der Waals surface area contributed by atoms with Gasteiger partial charge in [0.25, 0.3) is 0 Å². The first-order valence-electron chi connectivity index (χ1n) is 4.16. The third kappa shape index (κ3) is 1.51. The minimum absolute atomic E-state index is 0.0662. The third-order valence-electron chi connectivity index (χ3n) is 2.18. The molecule has 0 saturated carbocycles. The molecule has 0 unspecified atom stereocenters. The maximum absolute atomic E-state index is 11.3. The van der Waals surface area contributed by atoms with E-state index < -0.39 is 5.97 Å². The number of hydrogen-bond acceptors (Lipinski definition) is 4. The predicted octanol–water partition coefficient (Wildman–Crippen LogP) is 1.38. The van der Waals surface area contributed by atoms with Gasteiger partial charge in [0.1, 0.15) is 11.3 Å². The lowest BCUT2D eigenvalue weighted by Gasteiger charge is -2.11. The van der Waals surface area contributed by atoms with Gasteiger partial charge in [-0.25, -0.2) is 4.79 Å². The summed E-state index contributed by atoms with van der Waals surface area (Å²) in [6, 6.07) is 1.62. The van der Waals surface area contributed by atoms with Gasteiger partial charge < -0.3 is 15.6 Å². The molecular formula is C10H13NO3. The van der Waals surface area contributed by atoms with E-state index in [0.717, 1.165) is 0 Å². The van der Waals surface area contributed by atoms with Crippen LogP contribution in [0.3, 0.4) is 0 Å². The van der Waals surface area contributed by atoms with Crippen molar-refractivity contribution in [3.05, 3.63) is 22.8 Å². The minimum atomic E-state index is -0.574. The molecule has 76 valence electrons. The van der Waals surface area contributed by atoms with Gasteiger partial charge in [-0.15, -0.1) is 0 Å². The first-order valence-corrected chi connectivity index (χ1v) is 4.16. The third-order valence-corrected chi connectivity index (χ3v) is 2.18. The fourth-order valence-electron chi connectivity index (χ4n) is 1.28. The topological polar surface area (TPSA) is 72.5 Å². The van der Waals surface area contributed by atoms with Gasteiger partial charge in [0.15, 0.2) is 0 Å². The summed E-state index contributed by atoms with van der Waals surface area (Å²) in [6.07, 6.45) is 0. The number of phenolic OH excluding ortho intramolecular Hbond substituents is 1. The Hall–Kier alpha value is -1.71. The highest BCUT2D eigenvalue weighted by molar-refractivity contribution is 5.96. The monoisotopic (exact) mass is 195 g/mol. The van der Waals surface area contributed by atoms with Crippen LogP contribution in [-0.2, 0) is 4.74 Å².